The number of aryl methyl sites for hydroxylation is 1. The Labute approximate surface area is 154 Å². The molecule has 132 valence electrons. The van der Waals surface area contributed by atoms with Crippen LogP contribution in [-0.4, -0.2) is 27.5 Å². The predicted octanol–water partition coefficient (Wildman–Crippen LogP) is 4.50. The molecular formula is C16H16ClN3O4S. The number of benzene rings is 1. The number of aromatic amines is 1. The van der Waals surface area contributed by atoms with E-state index in [1.54, 1.807) is 13.0 Å². The number of ether oxygens (including phenoxy) is 1. The van der Waals surface area contributed by atoms with Gasteiger partial charge in [0.2, 0.25) is 0 Å². The molecule has 0 aliphatic rings. The lowest BCUT2D eigenvalue weighted by atomic mass is 10.0. The van der Waals surface area contributed by atoms with Gasteiger partial charge in [0.1, 0.15) is 10.6 Å². The lowest BCUT2D eigenvalue weighted by molar-refractivity contribution is -0.384. The van der Waals surface area contributed by atoms with Crippen LogP contribution in [0.15, 0.2) is 18.2 Å². The highest BCUT2D eigenvalue weighted by Crippen LogP contribution is 2.32. The largest absolute Gasteiger partial charge is 0.462 e. The van der Waals surface area contributed by atoms with Crippen LogP contribution in [0, 0.1) is 14.9 Å². The number of H-pyrrole nitrogens is 1. The third-order valence-corrected chi connectivity index (χ3v) is 3.92. The van der Waals surface area contributed by atoms with Crippen molar-refractivity contribution in [3.63, 3.8) is 0 Å². The number of halogens is 1. The summed E-state index contributed by atoms with van der Waals surface area (Å²) in [5.41, 5.74) is 1.16. The summed E-state index contributed by atoms with van der Waals surface area (Å²) in [6, 6.07) is 4.23. The minimum Gasteiger partial charge on any atom is -0.462 e. The van der Waals surface area contributed by atoms with Crippen LogP contribution in [0.3, 0.4) is 0 Å². The van der Waals surface area contributed by atoms with Gasteiger partial charge in [-0.15, -0.1) is 0 Å². The van der Waals surface area contributed by atoms with Crippen LogP contribution in [0.4, 0.5) is 5.69 Å². The molecule has 2 rings (SSSR count). The molecule has 1 N–H and O–H groups in total. The normalized spacial score (nSPS) is 10.5. The Kier molecular flexibility index (Phi) is 6.22. The van der Waals surface area contributed by atoms with Gasteiger partial charge in [-0.3, -0.25) is 10.1 Å². The van der Waals surface area contributed by atoms with Gasteiger partial charge in [0.25, 0.3) is 5.69 Å². The number of hydrogen-bond donors (Lipinski definition) is 1. The number of nitrogens with one attached hydrogen (secondary N) is 1. The molecular weight excluding hydrogens is 366 g/mol. The number of nitro benzene ring substituents is 1. The van der Waals surface area contributed by atoms with Crippen molar-refractivity contribution in [2.24, 2.45) is 0 Å². The van der Waals surface area contributed by atoms with Gasteiger partial charge in [-0.25, -0.2) is 9.78 Å². The van der Waals surface area contributed by atoms with E-state index in [0.717, 1.165) is 6.42 Å². The lowest BCUT2D eigenvalue weighted by Crippen LogP contribution is -2.13. The Morgan fingerprint density at radius 2 is 2.16 bits per heavy atom. The first-order valence-corrected chi connectivity index (χ1v) is 8.42. The van der Waals surface area contributed by atoms with E-state index in [4.69, 9.17) is 28.6 Å². The molecule has 1 aromatic carbocycles. The minimum atomic E-state index is -0.591. The number of nitrogens with zero attached hydrogens (tertiary/aromatic N) is 2. The molecule has 0 fully saturated rings. The van der Waals surface area contributed by atoms with Gasteiger partial charge in [-0.05, 0) is 31.6 Å². The zero-order valence-corrected chi connectivity index (χ0v) is 15.2. The quantitative estimate of drug-likeness (QED) is 0.342. The molecule has 0 amide bonds. The van der Waals surface area contributed by atoms with E-state index >= 15 is 0 Å². The van der Waals surface area contributed by atoms with Crippen LogP contribution in [0.5, 0.6) is 0 Å². The highest BCUT2D eigenvalue weighted by atomic mass is 35.5. The van der Waals surface area contributed by atoms with Gasteiger partial charge in [-0.2, -0.15) is 0 Å². The number of nitro groups is 1. The second-order valence-corrected chi connectivity index (χ2v) is 5.93. The molecule has 25 heavy (non-hydrogen) atoms. The third-order valence-electron chi connectivity index (χ3n) is 3.41. The number of carbonyl (C=O) groups excluding carboxylic acids is 1. The summed E-state index contributed by atoms with van der Waals surface area (Å²) in [6.07, 6.45) is 1.32. The molecule has 0 unspecified atom stereocenters. The molecule has 0 radical (unpaired) electrons. The molecule has 2 aromatic rings. The van der Waals surface area contributed by atoms with Crippen LogP contribution in [-0.2, 0) is 11.2 Å². The van der Waals surface area contributed by atoms with Crippen molar-refractivity contribution in [3.8, 4) is 11.3 Å². The van der Waals surface area contributed by atoms with E-state index in [1.165, 1.54) is 12.1 Å². The number of aromatic nitrogens is 2. The molecule has 0 aliphatic carbocycles. The second kappa shape index (κ2) is 8.17. The first-order chi connectivity index (χ1) is 11.9. The maximum atomic E-state index is 12.5. The molecule has 9 heteroatoms. The van der Waals surface area contributed by atoms with Gasteiger partial charge >= 0.3 is 5.97 Å². The molecule has 0 aliphatic heterocycles. The fourth-order valence-electron chi connectivity index (χ4n) is 2.39. The van der Waals surface area contributed by atoms with Crippen LogP contribution < -0.4 is 0 Å². The monoisotopic (exact) mass is 381 g/mol. The van der Waals surface area contributed by atoms with Crippen molar-refractivity contribution in [2.75, 3.05) is 6.61 Å². The molecule has 1 aromatic heterocycles. The second-order valence-electron chi connectivity index (χ2n) is 5.14. The molecule has 0 spiro atoms. The van der Waals surface area contributed by atoms with Crippen LogP contribution in [0.1, 0.15) is 36.3 Å². The number of esters is 1. The fourth-order valence-corrected chi connectivity index (χ4v) is 2.79. The fraction of sp³-hybridized carbons (Fsp3) is 0.312. The lowest BCUT2D eigenvalue weighted by Gasteiger charge is -2.13. The first kappa shape index (κ1) is 19.0. The minimum absolute atomic E-state index is 0.00121. The van der Waals surface area contributed by atoms with E-state index in [2.05, 4.69) is 9.97 Å². The summed E-state index contributed by atoms with van der Waals surface area (Å²) in [7, 11) is 0. The smallest absolute Gasteiger partial charge is 0.342 e. The van der Waals surface area contributed by atoms with Crippen LogP contribution >= 0.6 is 23.8 Å². The van der Waals surface area contributed by atoms with Crippen LogP contribution in [0.25, 0.3) is 11.3 Å². The van der Waals surface area contributed by atoms with E-state index in [1.807, 2.05) is 6.92 Å². The SMILES string of the molecule is CCCc1[nH]c(=S)nc(-c2ccc(Cl)c([N+](=O)[O-])c2)c1C(=O)OCC. The van der Waals surface area contributed by atoms with Crippen LogP contribution in [0.2, 0.25) is 5.02 Å². The summed E-state index contributed by atoms with van der Waals surface area (Å²) in [6.45, 7) is 3.85. The summed E-state index contributed by atoms with van der Waals surface area (Å²) in [5.74, 6) is -0.558. The van der Waals surface area contributed by atoms with E-state index in [9.17, 15) is 14.9 Å². The molecule has 0 saturated carbocycles. The molecule has 7 nitrogen and oxygen atoms in total. The zero-order valence-electron chi connectivity index (χ0n) is 13.7. The van der Waals surface area contributed by atoms with Crippen molar-refractivity contribution in [1.82, 2.24) is 9.97 Å². The highest BCUT2D eigenvalue weighted by molar-refractivity contribution is 7.71. The van der Waals surface area contributed by atoms with Crippen molar-refractivity contribution >= 4 is 35.5 Å². The summed E-state index contributed by atoms with van der Waals surface area (Å²) < 4.78 is 5.31. The Hall–Kier alpha value is -2.32. The van der Waals surface area contributed by atoms with Gasteiger partial charge in [0.15, 0.2) is 4.77 Å². The summed E-state index contributed by atoms with van der Waals surface area (Å²) in [4.78, 5) is 30.1. The van der Waals surface area contributed by atoms with Crippen molar-refractivity contribution in [3.05, 3.63) is 49.4 Å². The number of hydrogen-bond acceptors (Lipinski definition) is 6. The van der Waals surface area contributed by atoms with Gasteiger partial charge in [0, 0.05) is 17.3 Å². The third kappa shape index (κ3) is 4.21. The number of rotatable bonds is 6. The molecule has 1 heterocycles. The van der Waals surface area contributed by atoms with Gasteiger partial charge in [-0.1, -0.05) is 31.0 Å². The Balaban J connectivity index is 2.75. The van der Waals surface area contributed by atoms with Gasteiger partial charge < -0.3 is 9.72 Å². The molecule has 0 bridgehead atoms. The van der Waals surface area contributed by atoms with E-state index in [0.29, 0.717) is 17.7 Å². The molecule has 0 atom stereocenters. The topological polar surface area (TPSA) is 98.1 Å². The highest BCUT2D eigenvalue weighted by Gasteiger charge is 2.23. The molecule has 0 saturated heterocycles. The Morgan fingerprint density at radius 3 is 2.76 bits per heavy atom. The van der Waals surface area contributed by atoms with E-state index < -0.39 is 10.9 Å². The maximum absolute atomic E-state index is 12.5. The zero-order chi connectivity index (χ0) is 18.6. The number of carbonyl (C=O) groups is 1. The standard InChI is InChI=1S/C16H16ClN3O4S/c1-3-5-11-13(15(21)24-4-2)14(19-16(25)18-11)9-6-7-10(17)12(8-9)20(22)23/h6-8H,3-5H2,1-2H3,(H,18,19,25). The van der Waals surface area contributed by atoms with Crippen molar-refractivity contribution in [2.45, 2.75) is 26.7 Å². The van der Waals surface area contributed by atoms with Crippen molar-refractivity contribution in [1.29, 1.82) is 0 Å². The Morgan fingerprint density at radius 1 is 1.44 bits per heavy atom. The summed E-state index contributed by atoms with van der Waals surface area (Å²) in [5, 5.41) is 11.1. The average molecular weight is 382 g/mol. The maximum Gasteiger partial charge on any atom is 0.342 e. The van der Waals surface area contributed by atoms with Gasteiger partial charge in [0.05, 0.1) is 17.2 Å². The Bertz CT molecular complexity index is 882. The first-order valence-electron chi connectivity index (χ1n) is 7.63. The van der Waals surface area contributed by atoms with Crippen molar-refractivity contribution < 1.29 is 14.5 Å². The average Bonchev–Trinajstić information content (AvgIpc) is 2.55. The predicted molar refractivity (Wildman–Crippen MR) is 96.5 cm³/mol. The van der Waals surface area contributed by atoms with E-state index in [-0.39, 0.29) is 33.3 Å². The summed E-state index contributed by atoms with van der Waals surface area (Å²) >= 11 is 11.0.